The van der Waals surface area contributed by atoms with Crippen LogP contribution < -0.4 is 0 Å². The van der Waals surface area contributed by atoms with Gasteiger partial charge in [-0.05, 0) is 18.1 Å². The first kappa shape index (κ1) is 14.4. The molecule has 0 heterocycles. The van der Waals surface area contributed by atoms with Crippen LogP contribution in [0.3, 0.4) is 0 Å². The molecule has 0 aliphatic carbocycles. The second-order valence-electron chi connectivity index (χ2n) is 2.34. The van der Waals surface area contributed by atoms with Crippen molar-refractivity contribution in [1.82, 2.24) is 0 Å². The first-order valence-corrected chi connectivity index (χ1v) is 3.81. The van der Waals surface area contributed by atoms with Crippen LogP contribution in [0.2, 0.25) is 0 Å². The number of ether oxygens (including phenoxy) is 1. The van der Waals surface area contributed by atoms with Gasteiger partial charge in [0.25, 0.3) is 0 Å². The third-order valence-corrected chi connectivity index (χ3v) is 0.951. The summed E-state index contributed by atoms with van der Waals surface area (Å²) in [6, 6.07) is 0. The first-order chi connectivity index (χ1) is 4.52. The van der Waals surface area contributed by atoms with Crippen LogP contribution in [-0.4, -0.2) is 39.9 Å². The van der Waals surface area contributed by atoms with Gasteiger partial charge in [-0.15, -0.1) is 0 Å². The van der Waals surface area contributed by atoms with Gasteiger partial charge in [0.2, 0.25) is 4.38 Å². The molecule has 0 spiro atoms. The van der Waals surface area contributed by atoms with Gasteiger partial charge in [0.15, 0.2) is 0 Å². The van der Waals surface area contributed by atoms with Gasteiger partial charge >= 0.3 is 35.5 Å². The number of hydrogen-bond donors (Lipinski definition) is 1. The minimum atomic E-state index is -0.310. The Labute approximate surface area is 99.8 Å². The van der Waals surface area contributed by atoms with E-state index in [1.165, 1.54) is 0 Å². The van der Waals surface area contributed by atoms with Crippen molar-refractivity contribution in [3.8, 4) is 0 Å². The van der Waals surface area contributed by atoms with E-state index in [9.17, 15) is 4.79 Å². The Morgan fingerprint density at radius 1 is 1.64 bits per heavy atom. The Hall–Kier alpha value is 0.910. The zero-order chi connectivity index (χ0) is 8.15. The van der Waals surface area contributed by atoms with Gasteiger partial charge in [0.05, 0.1) is 0 Å². The molecule has 0 saturated carbocycles. The van der Waals surface area contributed by atoms with Crippen molar-refractivity contribution in [3.63, 3.8) is 0 Å². The Balaban J connectivity index is 0. The van der Waals surface area contributed by atoms with Crippen molar-refractivity contribution in [3.05, 3.63) is 0 Å². The molecule has 0 bridgehead atoms. The predicted octanol–water partition coefficient (Wildman–Crippen LogP) is 1.14. The number of thiocarbonyl (C=S) groups is 1. The molecule has 0 fully saturated rings. The van der Waals surface area contributed by atoms with Crippen LogP contribution in [0.4, 0.5) is 0 Å². The van der Waals surface area contributed by atoms with Crippen LogP contribution >= 0.6 is 24.8 Å². The van der Waals surface area contributed by atoms with E-state index in [0.29, 0.717) is 12.3 Å². The molecule has 0 aromatic heterocycles. The number of esters is 1. The molecule has 0 aliphatic heterocycles. The van der Waals surface area contributed by atoms with Gasteiger partial charge in [0.1, 0.15) is 0 Å². The number of carbonyl (C=O) groups is 1. The fourth-order valence-corrected chi connectivity index (χ4v) is 0.667. The Bertz CT molecular complexity index is 148. The van der Waals surface area contributed by atoms with Crippen molar-refractivity contribution >= 4 is 64.8 Å². The van der Waals surface area contributed by atoms with Crippen LogP contribution in [0.5, 0.6) is 0 Å². The number of rotatable bonds is 2. The number of hydrogen-bond acceptors (Lipinski definition) is 3. The normalized spacial score (nSPS) is 8.73. The number of thiol groups is 1. The molecular weight excluding hydrogens is 191 g/mol. The average Bonchev–Trinajstić information content (AvgIpc) is 1.58. The average molecular weight is 202 g/mol. The van der Waals surface area contributed by atoms with E-state index in [1.54, 1.807) is 0 Å². The monoisotopic (exact) mass is 202 g/mol. The van der Waals surface area contributed by atoms with Gasteiger partial charge in [-0.1, -0.05) is 26.5 Å². The standard InChI is InChI=1S/C6H10O2S2.Na.H/c1-4(2)3-5(7)8-6(9)10;;/h4H,3H2,1-2H3,(H,9,10);;. The summed E-state index contributed by atoms with van der Waals surface area (Å²) in [5, 5.41) is 0. The van der Waals surface area contributed by atoms with E-state index < -0.39 is 0 Å². The van der Waals surface area contributed by atoms with E-state index in [-0.39, 0.29) is 39.9 Å². The molecule has 5 heteroatoms. The van der Waals surface area contributed by atoms with Crippen LogP contribution in [0.25, 0.3) is 0 Å². The second-order valence-corrected chi connectivity index (χ2v) is 3.42. The van der Waals surface area contributed by atoms with Crippen molar-refractivity contribution < 1.29 is 9.53 Å². The van der Waals surface area contributed by atoms with Crippen LogP contribution in [0, 0.1) is 5.92 Å². The van der Waals surface area contributed by atoms with Crippen molar-refractivity contribution in [2.75, 3.05) is 0 Å². The molecule has 0 saturated heterocycles. The van der Waals surface area contributed by atoms with Crippen LogP contribution in [0.15, 0.2) is 0 Å². The summed E-state index contributed by atoms with van der Waals surface area (Å²) < 4.78 is 4.51. The summed E-state index contributed by atoms with van der Waals surface area (Å²) in [7, 11) is 0. The fraction of sp³-hybridized carbons (Fsp3) is 0.667. The van der Waals surface area contributed by atoms with E-state index in [2.05, 4.69) is 29.6 Å². The molecule has 0 atom stereocenters. The van der Waals surface area contributed by atoms with E-state index in [1.807, 2.05) is 13.8 Å². The van der Waals surface area contributed by atoms with E-state index in [4.69, 9.17) is 0 Å². The number of carbonyl (C=O) groups excluding carboxylic acids is 1. The van der Waals surface area contributed by atoms with Gasteiger partial charge < -0.3 is 4.74 Å². The second kappa shape index (κ2) is 7.55. The Morgan fingerprint density at radius 3 is 2.36 bits per heavy atom. The minimum absolute atomic E-state index is 0. The Morgan fingerprint density at radius 2 is 2.09 bits per heavy atom. The molecule has 0 amide bonds. The van der Waals surface area contributed by atoms with Crippen molar-refractivity contribution in [1.29, 1.82) is 0 Å². The van der Waals surface area contributed by atoms with Crippen molar-refractivity contribution in [2.24, 2.45) is 5.92 Å². The molecule has 0 aliphatic rings. The zero-order valence-electron chi connectivity index (χ0n) is 5.96. The van der Waals surface area contributed by atoms with Gasteiger partial charge in [0, 0.05) is 6.42 Å². The zero-order valence-corrected chi connectivity index (χ0v) is 7.67. The SMILES string of the molecule is CC(C)CC(=O)OC(=S)S.[NaH]. The maximum atomic E-state index is 10.7. The van der Waals surface area contributed by atoms with Gasteiger partial charge in [-0.3, -0.25) is 4.79 Å². The van der Waals surface area contributed by atoms with E-state index >= 15 is 0 Å². The summed E-state index contributed by atoms with van der Waals surface area (Å²) in [5.41, 5.74) is 0. The quantitative estimate of drug-likeness (QED) is 0.315. The van der Waals surface area contributed by atoms with Crippen molar-refractivity contribution in [2.45, 2.75) is 20.3 Å². The predicted molar refractivity (Wildman–Crippen MR) is 54.3 cm³/mol. The third kappa shape index (κ3) is 10.9. The van der Waals surface area contributed by atoms with Crippen LogP contribution in [0.1, 0.15) is 20.3 Å². The summed E-state index contributed by atoms with van der Waals surface area (Å²) in [4.78, 5) is 10.7. The fourth-order valence-electron chi connectivity index (χ4n) is 0.472. The van der Waals surface area contributed by atoms with Crippen LogP contribution in [-0.2, 0) is 9.53 Å². The molecule has 0 rings (SSSR count). The van der Waals surface area contributed by atoms with Gasteiger partial charge in [-0.25, -0.2) is 0 Å². The topological polar surface area (TPSA) is 26.3 Å². The third-order valence-electron chi connectivity index (χ3n) is 0.776. The summed E-state index contributed by atoms with van der Waals surface area (Å²) >= 11 is 8.09. The summed E-state index contributed by atoms with van der Waals surface area (Å²) in [6.45, 7) is 3.87. The molecule has 0 radical (unpaired) electrons. The molecule has 0 unspecified atom stereocenters. The molecule has 0 aromatic rings. The first-order valence-electron chi connectivity index (χ1n) is 2.96. The maximum absolute atomic E-state index is 10.7. The summed E-state index contributed by atoms with van der Waals surface area (Å²) in [5.74, 6) is -0.00909. The molecule has 60 valence electrons. The summed E-state index contributed by atoms with van der Waals surface area (Å²) in [6.07, 6.45) is 0.390. The van der Waals surface area contributed by atoms with Gasteiger partial charge in [-0.2, -0.15) is 0 Å². The van der Waals surface area contributed by atoms with E-state index in [0.717, 1.165) is 0 Å². The molecule has 0 N–H and O–H groups in total. The molecular formula is C6H11NaO2S2. The Kier molecular flexibility index (Phi) is 9.91. The molecule has 2 nitrogen and oxygen atoms in total. The molecule has 11 heavy (non-hydrogen) atoms. The molecule has 0 aromatic carbocycles.